The minimum absolute atomic E-state index is 0.525. The van der Waals surface area contributed by atoms with E-state index in [-0.39, 0.29) is 0 Å². The SMILES string of the molecule is CC.CCc1nc(C=O)c(C)[nH]1.Cc1nc(C)c(C=O)s1. The lowest BCUT2D eigenvalue weighted by Gasteiger charge is -1.81. The van der Waals surface area contributed by atoms with Crippen molar-refractivity contribution in [3.05, 3.63) is 32.8 Å². The van der Waals surface area contributed by atoms with Crippen molar-refractivity contribution in [2.24, 2.45) is 0 Å². The first-order valence-corrected chi connectivity index (χ1v) is 7.73. The number of imidazole rings is 1. The Kier molecular flexibility index (Phi) is 9.12. The normalized spacial score (nSPS) is 9.05. The quantitative estimate of drug-likeness (QED) is 0.877. The number of carbonyl (C=O) groups excluding carboxylic acids is 2. The molecule has 21 heavy (non-hydrogen) atoms. The van der Waals surface area contributed by atoms with Crippen LogP contribution in [0.4, 0.5) is 0 Å². The number of rotatable bonds is 3. The van der Waals surface area contributed by atoms with Crippen LogP contribution in [0.5, 0.6) is 0 Å². The lowest BCUT2D eigenvalue weighted by atomic mass is 10.4. The van der Waals surface area contributed by atoms with Gasteiger partial charge < -0.3 is 4.98 Å². The molecule has 2 aromatic rings. The molecule has 0 bridgehead atoms. The minimum Gasteiger partial charge on any atom is -0.345 e. The van der Waals surface area contributed by atoms with Crippen molar-refractivity contribution < 1.29 is 9.59 Å². The first kappa shape index (κ1) is 19.2. The van der Waals surface area contributed by atoms with E-state index in [1.807, 2.05) is 41.5 Å². The Balaban J connectivity index is 0.000000342. The molecule has 0 unspecified atom stereocenters. The summed E-state index contributed by atoms with van der Waals surface area (Å²) in [6.45, 7) is 11.6. The zero-order valence-electron chi connectivity index (χ0n) is 13.5. The first-order valence-electron chi connectivity index (χ1n) is 6.91. The molecular formula is C15H23N3O2S. The van der Waals surface area contributed by atoms with Gasteiger partial charge in [-0.3, -0.25) is 9.59 Å². The van der Waals surface area contributed by atoms with Crippen LogP contribution in [-0.2, 0) is 6.42 Å². The van der Waals surface area contributed by atoms with Crippen LogP contribution in [0.2, 0.25) is 0 Å². The van der Waals surface area contributed by atoms with Gasteiger partial charge in [0.25, 0.3) is 0 Å². The summed E-state index contributed by atoms with van der Waals surface area (Å²) in [5, 5.41) is 0.953. The number of aromatic amines is 1. The maximum absolute atomic E-state index is 10.3. The number of thiazole rings is 1. The van der Waals surface area contributed by atoms with E-state index in [0.29, 0.717) is 5.69 Å². The van der Waals surface area contributed by atoms with E-state index in [1.165, 1.54) is 11.3 Å². The smallest absolute Gasteiger partial charge is 0.170 e. The van der Waals surface area contributed by atoms with Crippen LogP contribution >= 0.6 is 11.3 Å². The van der Waals surface area contributed by atoms with E-state index in [9.17, 15) is 9.59 Å². The molecule has 0 spiro atoms. The number of aryl methyl sites for hydroxylation is 4. The summed E-state index contributed by atoms with van der Waals surface area (Å²) in [4.78, 5) is 32.3. The van der Waals surface area contributed by atoms with E-state index >= 15 is 0 Å². The molecule has 0 radical (unpaired) electrons. The highest BCUT2D eigenvalue weighted by Gasteiger charge is 2.02. The summed E-state index contributed by atoms with van der Waals surface area (Å²) in [6, 6.07) is 0. The topological polar surface area (TPSA) is 75.7 Å². The first-order chi connectivity index (χ1) is 10.0. The van der Waals surface area contributed by atoms with Gasteiger partial charge in [-0.25, -0.2) is 9.97 Å². The van der Waals surface area contributed by atoms with E-state index < -0.39 is 0 Å². The minimum atomic E-state index is 0.525. The highest BCUT2D eigenvalue weighted by molar-refractivity contribution is 7.13. The lowest BCUT2D eigenvalue weighted by Crippen LogP contribution is -1.82. The molecule has 0 aromatic carbocycles. The van der Waals surface area contributed by atoms with Gasteiger partial charge >= 0.3 is 0 Å². The van der Waals surface area contributed by atoms with Gasteiger partial charge in [0.2, 0.25) is 0 Å². The van der Waals surface area contributed by atoms with E-state index in [1.54, 1.807) is 0 Å². The van der Waals surface area contributed by atoms with Gasteiger partial charge in [-0.15, -0.1) is 11.3 Å². The summed E-state index contributed by atoms with van der Waals surface area (Å²) in [7, 11) is 0. The second-order valence-electron chi connectivity index (χ2n) is 3.97. The van der Waals surface area contributed by atoms with Crippen molar-refractivity contribution in [1.82, 2.24) is 15.0 Å². The zero-order chi connectivity index (χ0) is 16.4. The largest absolute Gasteiger partial charge is 0.345 e. The highest BCUT2D eigenvalue weighted by Crippen LogP contribution is 2.13. The average Bonchev–Trinajstić information content (AvgIpc) is 3.03. The Morgan fingerprint density at radius 2 is 1.71 bits per heavy atom. The number of aldehydes is 2. The van der Waals surface area contributed by atoms with Gasteiger partial charge in [0.1, 0.15) is 11.5 Å². The molecule has 1 N–H and O–H groups in total. The summed E-state index contributed by atoms with van der Waals surface area (Å²) in [6.07, 6.45) is 2.46. The van der Waals surface area contributed by atoms with Crippen LogP contribution < -0.4 is 0 Å². The van der Waals surface area contributed by atoms with Crippen molar-refractivity contribution in [2.45, 2.75) is 48.0 Å². The van der Waals surface area contributed by atoms with Crippen LogP contribution in [-0.4, -0.2) is 27.5 Å². The van der Waals surface area contributed by atoms with Gasteiger partial charge in [0.05, 0.1) is 15.6 Å². The van der Waals surface area contributed by atoms with Crippen LogP contribution in [0.1, 0.15) is 63.2 Å². The Hall–Kier alpha value is -1.82. The van der Waals surface area contributed by atoms with Crippen LogP contribution in [0.3, 0.4) is 0 Å². The molecule has 116 valence electrons. The third-order valence-corrected chi connectivity index (χ3v) is 3.46. The summed E-state index contributed by atoms with van der Waals surface area (Å²) in [5.41, 5.74) is 2.22. The van der Waals surface area contributed by atoms with Crippen molar-refractivity contribution in [3.8, 4) is 0 Å². The van der Waals surface area contributed by atoms with Crippen molar-refractivity contribution >= 4 is 23.9 Å². The van der Waals surface area contributed by atoms with Gasteiger partial charge in [-0.05, 0) is 20.8 Å². The maximum Gasteiger partial charge on any atom is 0.170 e. The zero-order valence-corrected chi connectivity index (χ0v) is 14.3. The van der Waals surface area contributed by atoms with Crippen LogP contribution in [0.15, 0.2) is 0 Å². The number of aromatic nitrogens is 3. The summed E-state index contributed by atoms with van der Waals surface area (Å²) >= 11 is 1.44. The van der Waals surface area contributed by atoms with Crippen molar-refractivity contribution in [2.75, 3.05) is 0 Å². The van der Waals surface area contributed by atoms with E-state index in [4.69, 9.17) is 0 Å². The molecule has 0 aliphatic heterocycles. The highest BCUT2D eigenvalue weighted by atomic mass is 32.1. The Bertz CT molecular complexity index is 573. The molecule has 2 heterocycles. The standard InChI is InChI=1S/C7H10N2O.C6H7NOS.C2H6/c1-3-7-8-5(2)6(4-10)9-7;1-4-6(3-8)9-5(2)7-4;1-2/h4H,3H2,1-2H3,(H,8,9);3H,1-2H3;1-2H3. The van der Waals surface area contributed by atoms with Crippen LogP contribution in [0.25, 0.3) is 0 Å². The average molecular weight is 309 g/mol. The molecule has 2 rings (SSSR count). The van der Waals surface area contributed by atoms with Gasteiger partial charge in [-0.1, -0.05) is 20.8 Å². The fourth-order valence-corrected chi connectivity index (χ4v) is 2.22. The molecule has 6 heteroatoms. The van der Waals surface area contributed by atoms with Crippen molar-refractivity contribution in [3.63, 3.8) is 0 Å². The number of carbonyl (C=O) groups is 2. The molecule has 0 aliphatic rings. The van der Waals surface area contributed by atoms with Crippen LogP contribution in [0, 0.1) is 20.8 Å². The molecule has 0 saturated carbocycles. The molecular weight excluding hydrogens is 286 g/mol. The second kappa shape index (κ2) is 9.99. The Morgan fingerprint density at radius 3 is 1.95 bits per heavy atom. The monoisotopic (exact) mass is 309 g/mol. The molecule has 0 atom stereocenters. The molecule has 0 aliphatic carbocycles. The van der Waals surface area contributed by atoms with E-state index in [2.05, 4.69) is 15.0 Å². The van der Waals surface area contributed by atoms with Gasteiger partial charge in [-0.2, -0.15) is 0 Å². The molecule has 0 fully saturated rings. The molecule has 0 saturated heterocycles. The third kappa shape index (κ3) is 5.99. The molecule has 2 aromatic heterocycles. The number of nitrogens with zero attached hydrogens (tertiary/aromatic N) is 2. The number of nitrogens with one attached hydrogen (secondary N) is 1. The second-order valence-corrected chi connectivity index (χ2v) is 5.20. The predicted molar refractivity (Wildman–Crippen MR) is 86.4 cm³/mol. The fourth-order valence-electron chi connectivity index (χ4n) is 1.48. The number of H-pyrrole nitrogens is 1. The fraction of sp³-hybridized carbons (Fsp3) is 0.467. The maximum atomic E-state index is 10.3. The summed E-state index contributed by atoms with van der Waals surface area (Å²) in [5.74, 6) is 0.875. The van der Waals surface area contributed by atoms with Gasteiger partial charge in [0.15, 0.2) is 12.6 Å². The van der Waals surface area contributed by atoms with Crippen molar-refractivity contribution in [1.29, 1.82) is 0 Å². The Labute approximate surface area is 129 Å². The van der Waals surface area contributed by atoms with E-state index in [0.717, 1.165) is 46.1 Å². The summed E-state index contributed by atoms with van der Waals surface area (Å²) < 4.78 is 0. The van der Waals surface area contributed by atoms with Gasteiger partial charge in [0, 0.05) is 12.1 Å². The number of hydrogen-bond acceptors (Lipinski definition) is 5. The predicted octanol–water partition coefficient (Wildman–Crippen LogP) is 3.69. The third-order valence-electron chi connectivity index (χ3n) is 2.46. The molecule has 5 nitrogen and oxygen atoms in total. The number of hydrogen-bond donors (Lipinski definition) is 1. The Morgan fingerprint density at radius 1 is 1.10 bits per heavy atom. The molecule has 0 amide bonds. The lowest BCUT2D eigenvalue weighted by molar-refractivity contribution is 0.111.